The normalized spacial score (nSPS) is 15.5. The Labute approximate surface area is 123 Å². The zero-order chi connectivity index (χ0) is 14.0. The van der Waals surface area contributed by atoms with Gasteiger partial charge in [-0.15, -0.1) is 11.3 Å². The van der Waals surface area contributed by atoms with Crippen molar-refractivity contribution in [2.24, 2.45) is 0 Å². The van der Waals surface area contributed by atoms with Crippen molar-refractivity contribution < 1.29 is 0 Å². The molecule has 0 aliphatic heterocycles. The number of thiazole rings is 1. The summed E-state index contributed by atoms with van der Waals surface area (Å²) in [5, 5.41) is 6.67. The highest BCUT2D eigenvalue weighted by atomic mass is 32.1. The predicted molar refractivity (Wildman–Crippen MR) is 82.1 cm³/mol. The van der Waals surface area contributed by atoms with E-state index in [1.807, 2.05) is 11.6 Å². The van der Waals surface area contributed by atoms with E-state index < -0.39 is 0 Å². The van der Waals surface area contributed by atoms with E-state index in [2.05, 4.69) is 34.1 Å². The van der Waals surface area contributed by atoms with Crippen molar-refractivity contribution in [3.8, 4) is 0 Å². The van der Waals surface area contributed by atoms with Crippen LogP contribution in [0.1, 0.15) is 49.4 Å². The summed E-state index contributed by atoms with van der Waals surface area (Å²) in [6.45, 7) is 4.30. The first-order valence-corrected chi connectivity index (χ1v) is 8.06. The summed E-state index contributed by atoms with van der Waals surface area (Å²) in [6.07, 6.45) is 9.43. The quantitative estimate of drug-likeness (QED) is 0.878. The van der Waals surface area contributed by atoms with Crippen LogP contribution in [0.5, 0.6) is 0 Å². The number of fused-ring (bicyclic) bond motifs is 1. The van der Waals surface area contributed by atoms with Gasteiger partial charge < -0.3 is 5.32 Å². The molecule has 4 nitrogen and oxygen atoms in total. The average Bonchev–Trinajstić information content (AvgIpc) is 2.85. The maximum atomic E-state index is 4.48. The van der Waals surface area contributed by atoms with Crippen LogP contribution in [0.2, 0.25) is 0 Å². The van der Waals surface area contributed by atoms with E-state index >= 15 is 0 Å². The molecule has 0 amide bonds. The van der Waals surface area contributed by atoms with Gasteiger partial charge in [0.15, 0.2) is 0 Å². The van der Waals surface area contributed by atoms with Gasteiger partial charge >= 0.3 is 0 Å². The van der Waals surface area contributed by atoms with Gasteiger partial charge in [-0.25, -0.2) is 15.0 Å². The molecule has 0 spiro atoms. The van der Waals surface area contributed by atoms with E-state index in [1.165, 1.54) is 30.5 Å². The van der Waals surface area contributed by atoms with Gasteiger partial charge in [-0.1, -0.05) is 6.42 Å². The largest absolute Gasteiger partial charge is 0.358 e. The Morgan fingerprint density at radius 2 is 1.95 bits per heavy atom. The van der Waals surface area contributed by atoms with Gasteiger partial charge in [-0.05, 0) is 39.5 Å². The summed E-state index contributed by atoms with van der Waals surface area (Å²) in [5.41, 5.74) is 2.31. The Bertz CT molecular complexity index is 578. The van der Waals surface area contributed by atoms with Gasteiger partial charge in [0.1, 0.15) is 17.2 Å². The highest BCUT2D eigenvalue weighted by Gasteiger charge is 2.25. The van der Waals surface area contributed by atoms with Crippen molar-refractivity contribution in [2.45, 2.75) is 51.5 Å². The number of aromatic nitrogens is 3. The molecule has 106 valence electrons. The van der Waals surface area contributed by atoms with Gasteiger partial charge in [-0.2, -0.15) is 0 Å². The predicted octanol–water partition coefficient (Wildman–Crippen LogP) is 3.55. The molecule has 2 heterocycles. The molecule has 1 aliphatic carbocycles. The van der Waals surface area contributed by atoms with Gasteiger partial charge in [0, 0.05) is 22.8 Å². The second-order valence-corrected chi connectivity index (χ2v) is 6.69. The molecule has 1 N–H and O–H groups in total. The molecule has 20 heavy (non-hydrogen) atoms. The molecular formula is C15H20N4S. The number of rotatable bonds is 3. The number of nitrogens with one attached hydrogen (secondary N) is 1. The maximum absolute atomic E-state index is 4.48. The number of anilines is 1. The van der Waals surface area contributed by atoms with Crippen LogP contribution in [-0.4, -0.2) is 15.0 Å². The molecule has 0 saturated heterocycles. The zero-order valence-corrected chi connectivity index (χ0v) is 12.8. The van der Waals surface area contributed by atoms with Gasteiger partial charge in [0.2, 0.25) is 0 Å². The Kier molecular flexibility index (Phi) is 3.70. The lowest BCUT2D eigenvalue weighted by atomic mass is 10.0. The van der Waals surface area contributed by atoms with Gasteiger partial charge in [-0.3, -0.25) is 0 Å². The highest BCUT2D eigenvalue weighted by Crippen LogP contribution is 2.30. The summed E-state index contributed by atoms with van der Waals surface area (Å²) >= 11 is 1.67. The van der Waals surface area contributed by atoms with E-state index in [0.717, 1.165) is 23.7 Å². The van der Waals surface area contributed by atoms with Gasteiger partial charge in [0.25, 0.3) is 0 Å². The van der Waals surface area contributed by atoms with Crippen molar-refractivity contribution >= 4 is 17.2 Å². The molecule has 0 atom stereocenters. The van der Waals surface area contributed by atoms with Gasteiger partial charge in [0.05, 0.1) is 5.54 Å². The van der Waals surface area contributed by atoms with Crippen LogP contribution in [0.15, 0.2) is 17.9 Å². The molecule has 1 aliphatic rings. The lowest BCUT2D eigenvalue weighted by Gasteiger charge is -2.26. The second kappa shape index (κ2) is 5.48. The molecule has 2 aromatic heterocycles. The minimum absolute atomic E-state index is 0.206. The molecule has 0 unspecified atom stereocenters. The standard InChI is InChI=1S/C15H20N4S/c1-15(2,14-16-8-9-20-14)19-13-11-6-4-3-5-7-12(11)17-10-18-13/h8-10H,3-7H2,1-2H3,(H,17,18,19). The zero-order valence-electron chi connectivity index (χ0n) is 12.0. The fraction of sp³-hybridized carbons (Fsp3) is 0.533. The van der Waals surface area contributed by atoms with Crippen LogP contribution in [0, 0.1) is 0 Å². The van der Waals surface area contributed by atoms with E-state index in [1.54, 1.807) is 17.7 Å². The molecule has 0 bridgehead atoms. The topological polar surface area (TPSA) is 50.7 Å². The molecule has 0 saturated carbocycles. The number of hydrogen-bond donors (Lipinski definition) is 1. The van der Waals surface area contributed by atoms with Crippen LogP contribution >= 0.6 is 11.3 Å². The van der Waals surface area contributed by atoms with Crippen molar-refractivity contribution in [1.29, 1.82) is 0 Å². The molecule has 5 heteroatoms. The van der Waals surface area contributed by atoms with Crippen LogP contribution < -0.4 is 5.32 Å². The van der Waals surface area contributed by atoms with Crippen LogP contribution in [0.25, 0.3) is 0 Å². The smallest absolute Gasteiger partial charge is 0.133 e. The summed E-state index contributed by atoms with van der Waals surface area (Å²) in [7, 11) is 0. The van der Waals surface area contributed by atoms with E-state index in [0.29, 0.717) is 0 Å². The summed E-state index contributed by atoms with van der Waals surface area (Å²) in [5.74, 6) is 0.983. The number of hydrogen-bond acceptors (Lipinski definition) is 5. The van der Waals surface area contributed by atoms with Crippen molar-refractivity contribution in [2.75, 3.05) is 5.32 Å². The fourth-order valence-electron chi connectivity index (χ4n) is 2.69. The average molecular weight is 288 g/mol. The summed E-state index contributed by atoms with van der Waals surface area (Å²) < 4.78 is 0. The lowest BCUT2D eigenvalue weighted by Crippen LogP contribution is -2.29. The Morgan fingerprint density at radius 1 is 1.10 bits per heavy atom. The van der Waals surface area contributed by atoms with Crippen LogP contribution in [-0.2, 0) is 18.4 Å². The van der Waals surface area contributed by atoms with Crippen molar-refractivity contribution in [3.05, 3.63) is 34.2 Å². The monoisotopic (exact) mass is 288 g/mol. The Hall–Kier alpha value is -1.49. The van der Waals surface area contributed by atoms with E-state index in [-0.39, 0.29) is 5.54 Å². The third kappa shape index (κ3) is 2.68. The molecule has 0 aromatic carbocycles. The van der Waals surface area contributed by atoms with Crippen molar-refractivity contribution in [3.63, 3.8) is 0 Å². The first-order valence-electron chi connectivity index (χ1n) is 7.18. The molecule has 0 fully saturated rings. The SMILES string of the molecule is CC(C)(Nc1ncnc2c1CCCCC2)c1nccs1. The minimum Gasteiger partial charge on any atom is -0.358 e. The number of aryl methyl sites for hydroxylation is 1. The summed E-state index contributed by atoms with van der Waals surface area (Å²) in [4.78, 5) is 13.4. The molecule has 2 aromatic rings. The fourth-order valence-corrected chi connectivity index (χ4v) is 3.41. The number of nitrogens with zero attached hydrogens (tertiary/aromatic N) is 3. The van der Waals surface area contributed by atoms with E-state index in [9.17, 15) is 0 Å². The Balaban J connectivity index is 1.91. The van der Waals surface area contributed by atoms with Crippen molar-refractivity contribution in [1.82, 2.24) is 15.0 Å². The molecule has 0 radical (unpaired) electrons. The first-order chi connectivity index (χ1) is 9.67. The molecule has 3 rings (SSSR count). The maximum Gasteiger partial charge on any atom is 0.133 e. The van der Waals surface area contributed by atoms with Crippen LogP contribution in [0.4, 0.5) is 5.82 Å². The molecular weight excluding hydrogens is 268 g/mol. The van der Waals surface area contributed by atoms with E-state index in [4.69, 9.17) is 0 Å². The van der Waals surface area contributed by atoms with Crippen LogP contribution in [0.3, 0.4) is 0 Å². The lowest BCUT2D eigenvalue weighted by molar-refractivity contribution is 0.598. The third-order valence-corrected chi connectivity index (χ3v) is 4.87. The summed E-state index contributed by atoms with van der Waals surface area (Å²) in [6, 6.07) is 0. The third-order valence-electron chi connectivity index (χ3n) is 3.77. The highest BCUT2D eigenvalue weighted by molar-refractivity contribution is 7.09. The Morgan fingerprint density at radius 3 is 2.75 bits per heavy atom. The second-order valence-electron chi connectivity index (χ2n) is 5.80. The first kappa shape index (κ1) is 13.5. The minimum atomic E-state index is -0.206.